The molecule has 0 fully saturated rings. The Hall–Kier alpha value is -1.85. The molecule has 0 radical (unpaired) electrons. The first-order valence-electron chi connectivity index (χ1n) is 3.76. The highest BCUT2D eigenvalue weighted by molar-refractivity contribution is 5.74. The Balaban J connectivity index is 2.50. The molecule has 0 atom stereocenters. The molecule has 1 aromatic rings. The van der Waals surface area contributed by atoms with Crippen molar-refractivity contribution in [2.24, 2.45) is 5.73 Å². The number of amides is 1. The summed E-state index contributed by atoms with van der Waals surface area (Å²) in [6, 6.07) is 0. The zero-order valence-electron chi connectivity index (χ0n) is 6.91. The van der Waals surface area contributed by atoms with Gasteiger partial charge in [-0.3, -0.25) is 9.59 Å². The lowest BCUT2D eigenvalue weighted by atomic mass is 10.4. The predicted molar refractivity (Wildman–Crippen MR) is 47.2 cm³/mol. The Morgan fingerprint density at radius 1 is 1.69 bits per heavy atom. The highest BCUT2D eigenvalue weighted by atomic mass is 16.1. The van der Waals surface area contributed by atoms with Crippen molar-refractivity contribution in [1.29, 1.82) is 0 Å². The second-order valence-electron chi connectivity index (χ2n) is 2.41. The average molecular weight is 182 g/mol. The van der Waals surface area contributed by atoms with Gasteiger partial charge < -0.3 is 16.0 Å². The minimum absolute atomic E-state index is 0.177. The molecule has 6 nitrogen and oxygen atoms in total. The van der Waals surface area contributed by atoms with E-state index in [1.165, 1.54) is 12.4 Å². The molecule has 1 amide bonds. The second-order valence-corrected chi connectivity index (χ2v) is 2.41. The van der Waals surface area contributed by atoms with Gasteiger partial charge >= 0.3 is 0 Å². The van der Waals surface area contributed by atoms with Gasteiger partial charge in [-0.1, -0.05) is 0 Å². The van der Waals surface area contributed by atoms with Crippen LogP contribution in [0.4, 0.5) is 5.82 Å². The normalized spacial score (nSPS) is 9.54. The number of H-pyrrole nitrogens is 1. The smallest absolute Gasteiger partial charge is 0.290 e. The highest BCUT2D eigenvalue weighted by Gasteiger charge is 1.98. The summed E-state index contributed by atoms with van der Waals surface area (Å²) >= 11 is 0. The highest BCUT2D eigenvalue weighted by Crippen LogP contribution is 1.89. The van der Waals surface area contributed by atoms with Crippen LogP contribution in [0.25, 0.3) is 0 Å². The molecule has 0 aliphatic heterocycles. The summed E-state index contributed by atoms with van der Waals surface area (Å²) in [6.07, 6.45) is 3.06. The monoisotopic (exact) mass is 182 g/mol. The summed E-state index contributed by atoms with van der Waals surface area (Å²) in [4.78, 5) is 27.6. The Morgan fingerprint density at radius 2 is 2.46 bits per heavy atom. The fourth-order valence-electron chi connectivity index (χ4n) is 0.782. The number of nitrogens with zero attached hydrogens (tertiary/aromatic N) is 1. The summed E-state index contributed by atoms with van der Waals surface area (Å²) in [6.45, 7) is 0.315. The van der Waals surface area contributed by atoms with Crippen molar-refractivity contribution in [1.82, 2.24) is 9.97 Å². The van der Waals surface area contributed by atoms with Crippen LogP contribution in [0.5, 0.6) is 0 Å². The van der Waals surface area contributed by atoms with Crippen LogP contribution in [0.15, 0.2) is 17.2 Å². The molecule has 0 saturated heterocycles. The van der Waals surface area contributed by atoms with Gasteiger partial charge in [-0.15, -0.1) is 0 Å². The topological polar surface area (TPSA) is 101 Å². The molecule has 0 unspecified atom stereocenters. The number of anilines is 1. The molecule has 13 heavy (non-hydrogen) atoms. The zero-order chi connectivity index (χ0) is 9.68. The molecule has 4 N–H and O–H groups in total. The third-order valence-corrected chi connectivity index (χ3v) is 1.37. The van der Waals surface area contributed by atoms with Crippen LogP contribution < -0.4 is 16.6 Å². The third kappa shape index (κ3) is 2.94. The minimum atomic E-state index is -0.417. The van der Waals surface area contributed by atoms with Crippen LogP contribution in [0.1, 0.15) is 6.42 Å². The van der Waals surface area contributed by atoms with E-state index >= 15 is 0 Å². The molecule has 0 aliphatic rings. The van der Waals surface area contributed by atoms with Crippen molar-refractivity contribution >= 4 is 11.7 Å². The van der Waals surface area contributed by atoms with Crippen molar-refractivity contribution in [3.8, 4) is 0 Å². The maximum absolute atomic E-state index is 11.0. The summed E-state index contributed by atoms with van der Waals surface area (Å²) in [7, 11) is 0. The second kappa shape index (κ2) is 4.24. The van der Waals surface area contributed by atoms with E-state index < -0.39 is 5.91 Å². The van der Waals surface area contributed by atoms with Gasteiger partial charge in [0.1, 0.15) is 0 Å². The zero-order valence-corrected chi connectivity index (χ0v) is 6.91. The van der Waals surface area contributed by atoms with Gasteiger partial charge in [0, 0.05) is 25.4 Å². The maximum atomic E-state index is 11.0. The van der Waals surface area contributed by atoms with Crippen LogP contribution in [0.3, 0.4) is 0 Å². The lowest BCUT2D eigenvalue weighted by molar-refractivity contribution is -0.117. The summed E-state index contributed by atoms with van der Waals surface area (Å²) in [5.74, 6) is -0.219. The molecule has 70 valence electrons. The van der Waals surface area contributed by atoms with Gasteiger partial charge in [-0.25, -0.2) is 4.98 Å². The number of aromatic nitrogens is 2. The molecular weight excluding hydrogens is 172 g/mol. The number of rotatable bonds is 4. The largest absolute Gasteiger partial charge is 0.370 e. The summed E-state index contributed by atoms with van der Waals surface area (Å²) in [5, 5.41) is 2.69. The van der Waals surface area contributed by atoms with Crippen molar-refractivity contribution in [3.63, 3.8) is 0 Å². The number of carbonyl (C=O) groups is 1. The number of nitrogens with one attached hydrogen (secondary N) is 2. The molecule has 1 heterocycles. The Kier molecular flexibility index (Phi) is 3.02. The van der Waals surface area contributed by atoms with E-state index in [4.69, 9.17) is 5.73 Å². The number of aromatic amines is 1. The maximum Gasteiger partial charge on any atom is 0.290 e. The van der Waals surface area contributed by atoms with E-state index in [-0.39, 0.29) is 17.8 Å². The first-order chi connectivity index (χ1) is 6.20. The van der Waals surface area contributed by atoms with Gasteiger partial charge in [0.25, 0.3) is 5.56 Å². The lowest BCUT2D eigenvalue weighted by Crippen LogP contribution is -2.20. The summed E-state index contributed by atoms with van der Waals surface area (Å²) < 4.78 is 0. The molecule has 6 heteroatoms. The van der Waals surface area contributed by atoms with Gasteiger partial charge in [-0.2, -0.15) is 0 Å². The Bertz CT molecular complexity index is 346. The number of hydrogen-bond donors (Lipinski definition) is 3. The van der Waals surface area contributed by atoms with E-state index in [1.807, 2.05) is 0 Å². The quantitative estimate of drug-likeness (QED) is 0.559. The van der Waals surface area contributed by atoms with Crippen LogP contribution in [0, 0.1) is 0 Å². The standard InChI is InChI=1S/C7H10N4O2/c8-5(12)1-2-9-6-7(13)11-4-3-10-6/h3-4H,1-2H2,(H2,8,12)(H,9,10)(H,11,13). The molecule has 1 rings (SSSR count). The lowest BCUT2D eigenvalue weighted by Gasteiger charge is -2.00. The Labute approximate surface area is 74.2 Å². The van der Waals surface area contributed by atoms with E-state index in [9.17, 15) is 9.59 Å². The van der Waals surface area contributed by atoms with Gasteiger partial charge in [0.15, 0.2) is 5.82 Å². The SMILES string of the molecule is NC(=O)CCNc1ncc[nH]c1=O. The fraction of sp³-hybridized carbons (Fsp3) is 0.286. The number of hydrogen-bond acceptors (Lipinski definition) is 4. The first kappa shape index (κ1) is 9.24. The van der Waals surface area contributed by atoms with E-state index in [2.05, 4.69) is 15.3 Å². The molecular formula is C7H10N4O2. The van der Waals surface area contributed by atoms with Gasteiger partial charge in [0.05, 0.1) is 0 Å². The van der Waals surface area contributed by atoms with Crippen LogP contribution >= 0.6 is 0 Å². The van der Waals surface area contributed by atoms with Crippen molar-refractivity contribution in [2.45, 2.75) is 6.42 Å². The fourth-order valence-corrected chi connectivity index (χ4v) is 0.782. The van der Waals surface area contributed by atoms with E-state index in [0.29, 0.717) is 6.54 Å². The summed E-state index contributed by atoms with van der Waals surface area (Å²) in [5.41, 5.74) is 4.60. The molecule has 0 spiro atoms. The number of nitrogens with two attached hydrogens (primary N) is 1. The van der Waals surface area contributed by atoms with Crippen LogP contribution in [0.2, 0.25) is 0 Å². The van der Waals surface area contributed by atoms with Crippen molar-refractivity contribution in [2.75, 3.05) is 11.9 Å². The Morgan fingerprint density at radius 3 is 3.08 bits per heavy atom. The van der Waals surface area contributed by atoms with E-state index in [1.54, 1.807) is 0 Å². The molecule has 1 aromatic heterocycles. The molecule has 0 aromatic carbocycles. The predicted octanol–water partition coefficient (Wildman–Crippen LogP) is -0.943. The first-order valence-corrected chi connectivity index (χ1v) is 3.76. The number of primary amides is 1. The number of carbonyl (C=O) groups excluding carboxylic acids is 1. The van der Waals surface area contributed by atoms with Gasteiger partial charge in [0.2, 0.25) is 5.91 Å². The minimum Gasteiger partial charge on any atom is -0.370 e. The van der Waals surface area contributed by atoms with Crippen molar-refractivity contribution < 1.29 is 4.79 Å². The van der Waals surface area contributed by atoms with Gasteiger partial charge in [-0.05, 0) is 0 Å². The molecule has 0 saturated carbocycles. The molecule has 0 aliphatic carbocycles. The van der Waals surface area contributed by atoms with Crippen LogP contribution in [-0.4, -0.2) is 22.4 Å². The van der Waals surface area contributed by atoms with E-state index in [0.717, 1.165) is 0 Å². The van der Waals surface area contributed by atoms with Crippen LogP contribution in [-0.2, 0) is 4.79 Å². The molecule has 0 bridgehead atoms. The third-order valence-electron chi connectivity index (χ3n) is 1.37. The average Bonchev–Trinajstić information content (AvgIpc) is 2.08. The van der Waals surface area contributed by atoms with Crippen molar-refractivity contribution in [3.05, 3.63) is 22.7 Å².